The maximum Gasteiger partial charge on any atom is -0.0202 e. The number of hydrogen-bond acceptors (Lipinski definition) is 0. The zero-order chi connectivity index (χ0) is 9.40. The number of hydrogen-bond donors (Lipinski definition) is 0. The SMILES string of the molecule is CC/C=C\C(C)C(C)/C=C/CC. The zero-order valence-electron chi connectivity index (χ0n) is 8.88. The van der Waals surface area contributed by atoms with E-state index in [1.807, 2.05) is 0 Å². The summed E-state index contributed by atoms with van der Waals surface area (Å²) < 4.78 is 0. The van der Waals surface area contributed by atoms with Crippen LogP contribution in [0.4, 0.5) is 0 Å². The highest BCUT2D eigenvalue weighted by Gasteiger charge is 2.03. The molecule has 0 radical (unpaired) electrons. The van der Waals surface area contributed by atoms with Crippen LogP contribution in [0.15, 0.2) is 24.3 Å². The molecule has 0 aromatic carbocycles. The van der Waals surface area contributed by atoms with E-state index >= 15 is 0 Å². The van der Waals surface area contributed by atoms with E-state index < -0.39 is 0 Å². The Labute approximate surface area is 77.4 Å². The van der Waals surface area contributed by atoms with E-state index in [9.17, 15) is 0 Å². The second-order valence-corrected chi connectivity index (χ2v) is 3.39. The molecule has 0 N–H and O–H groups in total. The fourth-order valence-electron chi connectivity index (χ4n) is 1.05. The highest BCUT2D eigenvalue weighted by molar-refractivity contribution is 4.95. The molecule has 12 heavy (non-hydrogen) atoms. The van der Waals surface area contributed by atoms with Gasteiger partial charge in [-0.05, 0) is 24.7 Å². The maximum absolute atomic E-state index is 2.31. The van der Waals surface area contributed by atoms with E-state index in [-0.39, 0.29) is 0 Å². The Bertz CT molecular complexity index is 124. The Morgan fingerprint density at radius 1 is 0.833 bits per heavy atom. The third-order valence-electron chi connectivity index (χ3n) is 2.18. The van der Waals surface area contributed by atoms with Gasteiger partial charge in [-0.2, -0.15) is 0 Å². The van der Waals surface area contributed by atoms with Gasteiger partial charge in [0.05, 0.1) is 0 Å². The molecule has 0 aliphatic rings. The van der Waals surface area contributed by atoms with Crippen molar-refractivity contribution >= 4 is 0 Å². The lowest BCUT2D eigenvalue weighted by Crippen LogP contribution is -2.01. The third kappa shape index (κ3) is 5.17. The number of allylic oxidation sites excluding steroid dienone is 4. The van der Waals surface area contributed by atoms with Gasteiger partial charge in [-0.25, -0.2) is 0 Å². The lowest BCUT2D eigenvalue weighted by Gasteiger charge is -2.11. The first-order chi connectivity index (χ1) is 5.72. The minimum atomic E-state index is 0.674. The molecule has 2 atom stereocenters. The predicted octanol–water partition coefficient (Wildman–Crippen LogP) is 4.19. The first kappa shape index (κ1) is 11.5. The zero-order valence-corrected chi connectivity index (χ0v) is 8.88. The van der Waals surface area contributed by atoms with Crippen LogP contribution in [0, 0.1) is 11.8 Å². The Balaban J connectivity index is 3.83. The van der Waals surface area contributed by atoms with Crippen molar-refractivity contribution in [3.63, 3.8) is 0 Å². The molecule has 0 spiro atoms. The second-order valence-electron chi connectivity index (χ2n) is 3.39. The van der Waals surface area contributed by atoms with Crippen molar-refractivity contribution in [2.75, 3.05) is 0 Å². The maximum atomic E-state index is 2.31. The molecule has 0 aliphatic carbocycles. The minimum absolute atomic E-state index is 0.674. The van der Waals surface area contributed by atoms with E-state index in [1.165, 1.54) is 0 Å². The lowest BCUT2D eigenvalue weighted by molar-refractivity contribution is 0.556. The van der Waals surface area contributed by atoms with Gasteiger partial charge in [-0.3, -0.25) is 0 Å². The van der Waals surface area contributed by atoms with Crippen LogP contribution in [-0.4, -0.2) is 0 Å². The predicted molar refractivity (Wildman–Crippen MR) is 57.2 cm³/mol. The summed E-state index contributed by atoms with van der Waals surface area (Å²) in [5, 5.41) is 0. The summed E-state index contributed by atoms with van der Waals surface area (Å²) in [6.45, 7) is 8.90. The van der Waals surface area contributed by atoms with Gasteiger partial charge in [0, 0.05) is 0 Å². The summed E-state index contributed by atoms with van der Waals surface area (Å²) in [5.41, 5.74) is 0. The van der Waals surface area contributed by atoms with E-state index in [0.29, 0.717) is 11.8 Å². The molecule has 0 saturated heterocycles. The average Bonchev–Trinajstić information content (AvgIpc) is 2.10. The van der Waals surface area contributed by atoms with Gasteiger partial charge in [-0.1, -0.05) is 52.0 Å². The highest BCUT2D eigenvalue weighted by atomic mass is 14.1. The molecule has 0 aliphatic heterocycles. The quantitative estimate of drug-likeness (QED) is 0.537. The largest absolute Gasteiger partial charge is 0.0885 e. The van der Waals surface area contributed by atoms with Crippen LogP contribution >= 0.6 is 0 Å². The van der Waals surface area contributed by atoms with Crippen LogP contribution in [0.1, 0.15) is 40.5 Å². The van der Waals surface area contributed by atoms with Crippen molar-refractivity contribution < 1.29 is 0 Å². The molecule has 70 valence electrons. The monoisotopic (exact) mass is 166 g/mol. The van der Waals surface area contributed by atoms with E-state index in [1.54, 1.807) is 0 Å². The normalized spacial score (nSPS) is 17.3. The van der Waals surface area contributed by atoms with Gasteiger partial charge in [0.25, 0.3) is 0 Å². The van der Waals surface area contributed by atoms with Crippen LogP contribution in [0.25, 0.3) is 0 Å². The molecule has 0 heterocycles. The molecule has 0 aromatic heterocycles. The van der Waals surface area contributed by atoms with Crippen molar-refractivity contribution in [1.29, 1.82) is 0 Å². The van der Waals surface area contributed by atoms with Crippen molar-refractivity contribution in [2.45, 2.75) is 40.5 Å². The van der Waals surface area contributed by atoms with E-state index in [2.05, 4.69) is 52.0 Å². The van der Waals surface area contributed by atoms with Crippen LogP contribution in [0.3, 0.4) is 0 Å². The van der Waals surface area contributed by atoms with Gasteiger partial charge in [0.2, 0.25) is 0 Å². The molecular weight excluding hydrogens is 144 g/mol. The Kier molecular flexibility index (Phi) is 6.84. The first-order valence-corrected chi connectivity index (χ1v) is 5.05. The fraction of sp³-hybridized carbons (Fsp3) is 0.667. The molecule has 0 heteroatoms. The molecule has 2 unspecified atom stereocenters. The summed E-state index contributed by atoms with van der Waals surface area (Å²) in [4.78, 5) is 0. The molecule has 0 nitrogen and oxygen atoms in total. The molecule has 0 aromatic rings. The molecular formula is C12H22. The Morgan fingerprint density at radius 2 is 1.17 bits per heavy atom. The number of rotatable bonds is 5. The third-order valence-corrected chi connectivity index (χ3v) is 2.18. The Morgan fingerprint density at radius 3 is 1.42 bits per heavy atom. The highest BCUT2D eigenvalue weighted by Crippen LogP contribution is 2.14. The van der Waals surface area contributed by atoms with Gasteiger partial charge < -0.3 is 0 Å². The fourth-order valence-corrected chi connectivity index (χ4v) is 1.05. The standard InChI is InChI=1S/C12H22/c1-5-7-9-11(3)12(4)10-8-6-2/h7-12H,5-6H2,1-4H3/b9-7-,10-8+. The Hall–Kier alpha value is -0.520. The summed E-state index contributed by atoms with van der Waals surface area (Å²) in [6, 6.07) is 0. The summed E-state index contributed by atoms with van der Waals surface area (Å²) in [7, 11) is 0. The molecule has 0 bridgehead atoms. The van der Waals surface area contributed by atoms with Crippen LogP contribution in [-0.2, 0) is 0 Å². The van der Waals surface area contributed by atoms with Crippen LogP contribution in [0.5, 0.6) is 0 Å². The summed E-state index contributed by atoms with van der Waals surface area (Å²) >= 11 is 0. The topological polar surface area (TPSA) is 0 Å². The molecule has 0 amide bonds. The van der Waals surface area contributed by atoms with Crippen molar-refractivity contribution in [1.82, 2.24) is 0 Å². The molecule has 0 rings (SSSR count). The van der Waals surface area contributed by atoms with E-state index in [4.69, 9.17) is 0 Å². The van der Waals surface area contributed by atoms with Gasteiger partial charge in [0.1, 0.15) is 0 Å². The molecule has 0 saturated carbocycles. The van der Waals surface area contributed by atoms with Crippen molar-refractivity contribution in [3.05, 3.63) is 24.3 Å². The smallest absolute Gasteiger partial charge is 0.0202 e. The van der Waals surface area contributed by atoms with Crippen molar-refractivity contribution in [3.8, 4) is 0 Å². The molecule has 0 fully saturated rings. The van der Waals surface area contributed by atoms with Crippen LogP contribution in [0.2, 0.25) is 0 Å². The van der Waals surface area contributed by atoms with Gasteiger partial charge in [0.15, 0.2) is 0 Å². The van der Waals surface area contributed by atoms with Gasteiger partial charge in [-0.15, -0.1) is 0 Å². The van der Waals surface area contributed by atoms with E-state index in [0.717, 1.165) is 12.8 Å². The minimum Gasteiger partial charge on any atom is -0.0885 e. The lowest BCUT2D eigenvalue weighted by atomic mass is 9.95. The van der Waals surface area contributed by atoms with Gasteiger partial charge >= 0.3 is 0 Å². The van der Waals surface area contributed by atoms with Crippen molar-refractivity contribution in [2.24, 2.45) is 11.8 Å². The van der Waals surface area contributed by atoms with Crippen LogP contribution < -0.4 is 0 Å². The average molecular weight is 166 g/mol. The first-order valence-electron chi connectivity index (χ1n) is 5.05. The summed E-state index contributed by atoms with van der Waals surface area (Å²) in [5.74, 6) is 1.35. The summed E-state index contributed by atoms with van der Waals surface area (Å²) in [6.07, 6.45) is 11.4. The second kappa shape index (κ2) is 7.15.